The van der Waals surface area contributed by atoms with E-state index in [0.717, 1.165) is 24.2 Å². The van der Waals surface area contributed by atoms with Crippen LogP contribution >= 0.6 is 0 Å². The van der Waals surface area contributed by atoms with Crippen LogP contribution in [0.25, 0.3) is 22.4 Å². The maximum absolute atomic E-state index is 13.2. The van der Waals surface area contributed by atoms with Crippen LogP contribution in [0.4, 0.5) is 0 Å². The van der Waals surface area contributed by atoms with Gasteiger partial charge in [0.25, 0.3) is 11.3 Å². The molecule has 29 heavy (non-hydrogen) atoms. The van der Waals surface area contributed by atoms with E-state index in [2.05, 4.69) is 9.97 Å². The summed E-state index contributed by atoms with van der Waals surface area (Å²) in [6, 6.07) is 9.43. The molecule has 0 aliphatic heterocycles. The van der Waals surface area contributed by atoms with Crippen LogP contribution in [0.5, 0.6) is 5.75 Å². The number of para-hydroxylation sites is 2. The van der Waals surface area contributed by atoms with Crippen molar-refractivity contribution < 1.29 is 4.74 Å². The monoisotopic (exact) mass is 389 g/mol. The standard InChI is InChI=1S/C22H23N5O2/c1-2-29-19-11-7-6-10-18(19)26-13-12-17-16(21(26)28)14-23-22-24-20(25-27(17)22)15-8-4-3-5-9-15/h6-7,10-15H,2-5,8-9H2,1H3. The third-order valence-corrected chi connectivity index (χ3v) is 5.65. The second-order valence-electron chi connectivity index (χ2n) is 7.47. The van der Waals surface area contributed by atoms with Gasteiger partial charge in [-0.05, 0) is 38.0 Å². The highest BCUT2D eigenvalue weighted by Crippen LogP contribution is 2.31. The Labute approximate surface area is 168 Å². The quantitative estimate of drug-likeness (QED) is 0.530. The second kappa shape index (κ2) is 7.31. The molecule has 0 bridgehead atoms. The third kappa shape index (κ3) is 3.06. The molecular formula is C22H23N5O2. The SMILES string of the molecule is CCOc1ccccc1-n1ccc2c(cnc3nc(C4CCCCC4)nn32)c1=O. The van der Waals surface area contributed by atoms with Crippen molar-refractivity contribution in [1.29, 1.82) is 0 Å². The third-order valence-electron chi connectivity index (χ3n) is 5.65. The number of pyridine rings is 1. The van der Waals surface area contributed by atoms with Crippen LogP contribution in [0.3, 0.4) is 0 Å². The summed E-state index contributed by atoms with van der Waals surface area (Å²) in [5.41, 5.74) is 1.28. The molecule has 1 fully saturated rings. The van der Waals surface area contributed by atoms with Crippen LogP contribution in [0.15, 0.2) is 47.5 Å². The Kier molecular flexibility index (Phi) is 4.50. The summed E-state index contributed by atoms with van der Waals surface area (Å²) < 4.78 is 9.00. The fourth-order valence-corrected chi connectivity index (χ4v) is 4.19. The molecule has 0 spiro atoms. The van der Waals surface area contributed by atoms with Gasteiger partial charge in [0, 0.05) is 18.3 Å². The van der Waals surface area contributed by atoms with E-state index in [9.17, 15) is 4.79 Å². The minimum absolute atomic E-state index is 0.154. The molecule has 0 saturated heterocycles. The van der Waals surface area contributed by atoms with Gasteiger partial charge >= 0.3 is 0 Å². The Balaban J connectivity index is 1.65. The van der Waals surface area contributed by atoms with E-state index in [-0.39, 0.29) is 5.56 Å². The minimum Gasteiger partial charge on any atom is -0.492 e. The fourth-order valence-electron chi connectivity index (χ4n) is 4.19. The van der Waals surface area contributed by atoms with Crippen molar-refractivity contribution in [1.82, 2.24) is 24.1 Å². The molecule has 3 aromatic heterocycles. The Bertz CT molecular complexity index is 1240. The lowest BCUT2D eigenvalue weighted by molar-refractivity contribution is 0.339. The van der Waals surface area contributed by atoms with Gasteiger partial charge in [0.1, 0.15) is 5.75 Å². The molecule has 1 aromatic carbocycles. The smallest absolute Gasteiger partial charge is 0.266 e. The summed E-state index contributed by atoms with van der Waals surface area (Å²) in [5, 5.41) is 5.23. The van der Waals surface area contributed by atoms with Crippen LogP contribution in [0, 0.1) is 0 Å². The lowest BCUT2D eigenvalue weighted by atomic mass is 9.89. The van der Waals surface area contributed by atoms with Gasteiger partial charge in [0.2, 0.25) is 0 Å². The zero-order valence-corrected chi connectivity index (χ0v) is 16.4. The van der Waals surface area contributed by atoms with Crippen LogP contribution in [-0.2, 0) is 0 Å². The highest BCUT2D eigenvalue weighted by molar-refractivity contribution is 5.79. The molecule has 0 atom stereocenters. The predicted octanol–water partition coefficient (Wildman–Crippen LogP) is 3.87. The molecule has 7 nitrogen and oxygen atoms in total. The Morgan fingerprint density at radius 2 is 1.97 bits per heavy atom. The zero-order chi connectivity index (χ0) is 19.8. The van der Waals surface area contributed by atoms with Crippen molar-refractivity contribution in [2.75, 3.05) is 6.61 Å². The van der Waals surface area contributed by atoms with Gasteiger partial charge in [-0.3, -0.25) is 9.36 Å². The van der Waals surface area contributed by atoms with E-state index < -0.39 is 0 Å². The van der Waals surface area contributed by atoms with E-state index in [1.807, 2.05) is 37.3 Å². The molecule has 1 saturated carbocycles. The lowest BCUT2D eigenvalue weighted by Gasteiger charge is -2.17. The first-order chi connectivity index (χ1) is 14.3. The summed E-state index contributed by atoms with van der Waals surface area (Å²) in [4.78, 5) is 22.3. The van der Waals surface area contributed by atoms with E-state index in [1.54, 1.807) is 21.5 Å². The van der Waals surface area contributed by atoms with Gasteiger partial charge < -0.3 is 4.74 Å². The number of aromatic nitrogens is 5. The molecule has 1 aliphatic rings. The van der Waals surface area contributed by atoms with Gasteiger partial charge in [-0.25, -0.2) is 4.98 Å². The number of hydrogen-bond donors (Lipinski definition) is 0. The number of benzene rings is 1. The van der Waals surface area contributed by atoms with Gasteiger partial charge in [-0.2, -0.15) is 9.50 Å². The van der Waals surface area contributed by atoms with E-state index >= 15 is 0 Å². The van der Waals surface area contributed by atoms with Crippen LogP contribution in [0.2, 0.25) is 0 Å². The highest BCUT2D eigenvalue weighted by Gasteiger charge is 2.21. The Hall–Kier alpha value is -3.22. The van der Waals surface area contributed by atoms with Crippen molar-refractivity contribution in [3.63, 3.8) is 0 Å². The average Bonchev–Trinajstić information content (AvgIpc) is 3.20. The van der Waals surface area contributed by atoms with Gasteiger partial charge in [-0.1, -0.05) is 31.4 Å². The fraction of sp³-hybridized carbons (Fsp3) is 0.364. The first-order valence-corrected chi connectivity index (χ1v) is 10.3. The van der Waals surface area contributed by atoms with Crippen molar-refractivity contribution in [2.45, 2.75) is 44.9 Å². The van der Waals surface area contributed by atoms with Crippen molar-refractivity contribution in [2.24, 2.45) is 0 Å². The molecule has 0 radical (unpaired) electrons. The molecule has 5 rings (SSSR count). The molecule has 4 aromatic rings. The summed E-state index contributed by atoms with van der Waals surface area (Å²) >= 11 is 0. The summed E-state index contributed by atoms with van der Waals surface area (Å²) in [5.74, 6) is 2.45. The Morgan fingerprint density at radius 3 is 2.79 bits per heavy atom. The van der Waals surface area contributed by atoms with Crippen molar-refractivity contribution in [3.8, 4) is 11.4 Å². The predicted molar refractivity (Wildman–Crippen MR) is 111 cm³/mol. The van der Waals surface area contributed by atoms with Crippen molar-refractivity contribution in [3.05, 3.63) is 58.9 Å². The van der Waals surface area contributed by atoms with Crippen LogP contribution < -0.4 is 10.3 Å². The molecule has 7 heteroatoms. The summed E-state index contributed by atoms with van der Waals surface area (Å²) in [6.07, 6.45) is 9.34. The van der Waals surface area contributed by atoms with Gasteiger partial charge in [-0.15, -0.1) is 5.10 Å². The summed E-state index contributed by atoms with van der Waals surface area (Å²) in [6.45, 7) is 2.46. The normalized spacial score (nSPS) is 15.2. The van der Waals surface area contributed by atoms with E-state index in [4.69, 9.17) is 9.84 Å². The number of fused-ring (bicyclic) bond motifs is 3. The molecule has 0 unspecified atom stereocenters. The maximum Gasteiger partial charge on any atom is 0.266 e. The first kappa shape index (κ1) is 17.8. The summed E-state index contributed by atoms with van der Waals surface area (Å²) in [7, 11) is 0. The van der Waals surface area contributed by atoms with E-state index in [0.29, 0.717) is 35.1 Å². The second-order valence-corrected chi connectivity index (χ2v) is 7.47. The largest absolute Gasteiger partial charge is 0.492 e. The molecule has 0 N–H and O–H groups in total. The molecule has 3 heterocycles. The topological polar surface area (TPSA) is 74.3 Å². The molecular weight excluding hydrogens is 366 g/mol. The first-order valence-electron chi connectivity index (χ1n) is 10.3. The van der Waals surface area contributed by atoms with Crippen LogP contribution in [-0.4, -0.2) is 30.8 Å². The molecule has 0 amide bonds. The average molecular weight is 389 g/mol. The van der Waals surface area contributed by atoms with Crippen molar-refractivity contribution >= 4 is 16.7 Å². The Morgan fingerprint density at radius 1 is 1.14 bits per heavy atom. The minimum atomic E-state index is -0.154. The number of hydrogen-bond acceptors (Lipinski definition) is 5. The van der Waals surface area contributed by atoms with E-state index in [1.165, 1.54) is 19.3 Å². The highest BCUT2D eigenvalue weighted by atomic mass is 16.5. The van der Waals surface area contributed by atoms with Crippen LogP contribution in [0.1, 0.15) is 50.8 Å². The number of nitrogens with zero attached hydrogens (tertiary/aromatic N) is 5. The molecule has 148 valence electrons. The lowest BCUT2D eigenvalue weighted by Crippen LogP contribution is -2.19. The number of rotatable bonds is 4. The zero-order valence-electron chi connectivity index (χ0n) is 16.4. The van der Waals surface area contributed by atoms with Gasteiger partial charge in [0.05, 0.1) is 23.2 Å². The van der Waals surface area contributed by atoms with Gasteiger partial charge in [0.15, 0.2) is 5.82 Å². The molecule has 1 aliphatic carbocycles. The maximum atomic E-state index is 13.2. The number of ether oxygens (including phenoxy) is 1.